The predicted molar refractivity (Wildman–Crippen MR) is 95.6 cm³/mol. The summed E-state index contributed by atoms with van der Waals surface area (Å²) >= 11 is 0. The number of nitrogens with two attached hydrogens (primary N) is 1. The van der Waals surface area contributed by atoms with E-state index in [0.717, 1.165) is 17.1 Å². The molecule has 1 heterocycles. The Hall–Kier alpha value is -2.79. The Balaban J connectivity index is 1.81. The number of carbonyl (C=O) groups is 1. The number of nitrogens with zero attached hydrogens (tertiary/aromatic N) is 4. The lowest BCUT2D eigenvalue weighted by Gasteiger charge is -2.12. The van der Waals surface area contributed by atoms with E-state index in [0.29, 0.717) is 5.69 Å². The summed E-state index contributed by atoms with van der Waals surface area (Å²) in [6.07, 6.45) is 1.99. The van der Waals surface area contributed by atoms with Crippen LogP contribution in [0.4, 0.5) is 17.5 Å². The average molecular weight is 377 g/mol. The number of aromatic nitrogens is 3. The molecular formula is C15H19N7O3S. The molecule has 1 aliphatic rings. The Morgan fingerprint density at radius 1 is 1.19 bits per heavy atom. The van der Waals surface area contributed by atoms with Gasteiger partial charge in [-0.25, -0.2) is 12.7 Å². The first kappa shape index (κ1) is 18.0. The van der Waals surface area contributed by atoms with Crippen LogP contribution in [-0.2, 0) is 10.0 Å². The second-order valence-electron chi connectivity index (χ2n) is 6.05. The molecule has 0 radical (unpaired) electrons. The molecule has 0 bridgehead atoms. The Bertz CT molecular complexity index is 925. The van der Waals surface area contributed by atoms with Crippen LogP contribution in [-0.4, -0.2) is 53.9 Å². The number of hydrogen-bond donors (Lipinski definition) is 3. The first-order chi connectivity index (χ1) is 12.3. The van der Waals surface area contributed by atoms with E-state index in [1.165, 1.54) is 26.2 Å². The Labute approximate surface area is 150 Å². The molecule has 1 aliphatic carbocycles. The number of carbonyl (C=O) groups excluding carboxylic acids is 1. The summed E-state index contributed by atoms with van der Waals surface area (Å²) in [5, 5.41) is 13.7. The SMILES string of the molecule is CN(C)S(=O)(=O)c1ccc(Nc2nnc(C(N)=O)c(NC3CC3)n2)cc1. The van der Waals surface area contributed by atoms with Gasteiger partial charge in [-0.2, -0.15) is 4.98 Å². The van der Waals surface area contributed by atoms with E-state index >= 15 is 0 Å². The molecule has 0 saturated heterocycles. The summed E-state index contributed by atoms with van der Waals surface area (Å²) < 4.78 is 25.3. The molecule has 4 N–H and O–H groups in total. The minimum absolute atomic E-state index is 0.0186. The van der Waals surface area contributed by atoms with Crippen LogP contribution in [0, 0.1) is 0 Å². The van der Waals surface area contributed by atoms with Gasteiger partial charge in [-0.1, -0.05) is 0 Å². The molecule has 1 fully saturated rings. The van der Waals surface area contributed by atoms with Crippen LogP contribution in [0.15, 0.2) is 29.2 Å². The van der Waals surface area contributed by atoms with Crippen LogP contribution in [0.3, 0.4) is 0 Å². The summed E-state index contributed by atoms with van der Waals surface area (Å²) in [6.45, 7) is 0. The van der Waals surface area contributed by atoms with Crippen molar-refractivity contribution >= 4 is 33.4 Å². The molecule has 0 spiro atoms. The van der Waals surface area contributed by atoms with Gasteiger partial charge in [0.25, 0.3) is 5.91 Å². The molecular weight excluding hydrogens is 358 g/mol. The highest BCUT2D eigenvalue weighted by molar-refractivity contribution is 7.89. The molecule has 3 rings (SSSR count). The minimum atomic E-state index is -3.49. The van der Waals surface area contributed by atoms with Crippen molar-refractivity contribution in [3.63, 3.8) is 0 Å². The van der Waals surface area contributed by atoms with Crippen molar-refractivity contribution in [1.82, 2.24) is 19.5 Å². The van der Waals surface area contributed by atoms with Crippen molar-refractivity contribution in [2.75, 3.05) is 24.7 Å². The summed E-state index contributed by atoms with van der Waals surface area (Å²) in [5.41, 5.74) is 5.85. The van der Waals surface area contributed by atoms with Crippen molar-refractivity contribution in [3.8, 4) is 0 Å². The van der Waals surface area contributed by atoms with Gasteiger partial charge in [-0.15, -0.1) is 10.2 Å². The van der Waals surface area contributed by atoms with Crippen LogP contribution in [0.1, 0.15) is 23.3 Å². The van der Waals surface area contributed by atoms with Gasteiger partial charge in [-0.3, -0.25) is 4.79 Å². The molecule has 1 aromatic carbocycles. The number of amides is 1. The molecule has 0 unspecified atom stereocenters. The first-order valence-electron chi connectivity index (χ1n) is 7.88. The maximum Gasteiger partial charge on any atom is 0.273 e. The van der Waals surface area contributed by atoms with Gasteiger partial charge in [0.15, 0.2) is 11.5 Å². The Morgan fingerprint density at radius 2 is 1.85 bits per heavy atom. The largest absolute Gasteiger partial charge is 0.365 e. The van der Waals surface area contributed by atoms with Crippen molar-refractivity contribution < 1.29 is 13.2 Å². The number of anilines is 3. The molecule has 1 aromatic heterocycles. The quantitative estimate of drug-likeness (QED) is 0.634. The number of benzene rings is 1. The van der Waals surface area contributed by atoms with Crippen molar-refractivity contribution in [2.45, 2.75) is 23.8 Å². The Morgan fingerprint density at radius 3 is 2.38 bits per heavy atom. The van der Waals surface area contributed by atoms with E-state index in [4.69, 9.17) is 5.73 Å². The monoisotopic (exact) mass is 377 g/mol. The van der Waals surface area contributed by atoms with E-state index in [-0.39, 0.29) is 28.4 Å². The smallest absolute Gasteiger partial charge is 0.273 e. The number of rotatable bonds is 7. The van der Waals surface area contributed by atoms with Crippen molar-refractivity contribution in [3.05, 3.63) is 30.0 Å². The molecule has 10 nitrogen and oxygen atoms in total. The van der Waals surface area contributed by atoms with Gasteiger partial charge in [0.1, 0.15) is 0 Å². The fourth-order valence-corrected chi connectivity index (χ4v) is 3.02. The minimum Gasteiger partial charge on any atom is -0.365 e. The van der Waals surface area contributed by atoms with E-state index in [9.17, 15) is 13.2 Å². The third-order valence-electron chi connectivity index (χ3n) is 3.73. The highest BCUT2D eigenvalue weighted by Crippen LogP contribution is 2.26. The first-order valence-corrected chi connectivity index (χ1v) is 9.32. The molecule has 0 atom stereocenters. The van der Waals surface area contributed by atoms with Crippen molar-refractivity contribution in [1.29, 1.82) is 0 Å². The molecule has 2 aromatic rings. The Kier molecular flexibility index (Phi) is 4.74. The average Bonchev–Trinajstić information content (AvgIpc) is 3.39. The van der Waals surface area contributed by atoms with E-state index in [1.807, 2.05) is 0 Å². The topological polar surface area (TPSA) is 143 Å². The van der Waals surface area contributed by atoms with Gasteiger partial charge in [0, 0.05) is 25.8 Å². The van der Waals surface area contributed by atoms with E-state index in [1.54, 1.807) is 12.1 Å². The van der Waals surface area contributed by atoms with Gasteiger partial charge in [-0.05, 0) is 37.1 Å². The van der Waals surface area contributed by atoms with E-state index in [2.05, 4.69) is 25.8 Å². The van der Waals surface area contributed by atoms with Crippen molar-refractivity contribution in [2.24, 2.45) is 5.73 Å². The molecule has 138 valence electrons. The van der Waals surface area contributed by atoms with Crippen LogP contribution in [0.2, 0.25) is 0 Å². The number of nitrogens with one attached hydrogen (secondary N) is 2. The lowest BCUT2D eigenvalue weighted by Crippen LogP contribution is -2.22. The van der Waals surface area contributed by atoms with Crippen LogP contribution in [0.25, 0.3) is 0 Å². The fourth-order valence-electron chi connectivity index (χ4n) is 2.12. The van der Waals surface area contributed by atoms with E-state index < -0.39 is 15.9 Å². The summed E-state index contributed by atoms with van der Waals surface area (Å²) in [5.74, 6) is -0.261. The zero-order chi connectivity index (χ0) is 18.9. The normalized spacial score (nSPS) is 14.3. The summed E-state index contributed by atoms with van der Waals surface area (Å²) in [4.78, 5) is 15.9. The maximum atomic E-state index is 12.1. The molecule has 1 saturated carbocycles. The highest BCUT2D eigenvalue weighted by Gasteiger charge is 2.25. The van der Waals surface area contributed by atoms with Gasteiger partial charge >= 0.3 is 0 Å². The third kappa shape index (κ3) is 3.89. The molecule has 0 aliphatic heterocycles. The van der Waals surface area contributed by atoms with Crippen LogP contribution < -0.4 is 16.4 Å². The second-order valence-corrected chi connectivity index (χ2v) is 8.20. The third-order valence-corrected chi connectivity index (χ3v) is 5.56. The highest BCUT2D eigenvalue weighted by atomic mass is 32.2. The molecule has 11 heteroatoms. The standard InChI is InChI=1S/C15H19N7O3S/c1-22(2)26(24,25)11-7-5-10(6-8-11)18-15-19-14(17-9-3-4-9)12(13(16)23)20-21-15/h5-9H,3-4H2,1-2H3,(H2,16,23)(H2,17,18,19,21). The number of primary amides is 1. The predicted octanol–water partition coefficient (Wildman–Crippen LogP) is 0.539. The number of hydrogen-bond acceptors (Lipinski definition) is 8. The van der Waals surface area contributed by atoms with Crippen LogP contribution >= 0.6 is 0 Å². The van der Waals surface area contributed by atoms with Crippen LogP contribution in [0.5, 0.6) is 0 Å². The number of sulfonamides is 1. The molecule has 1 amide bonds. The summed E-state index contributed by atoms with van der Waals surface area (Å²) in [6, 6.07) is 6.40. The zero-order valence-corrected chi connectivity index (χ0v) is 15.1. The fraction of sp³-hybridized carbons (Fsp3) is 0.333. The van der Waals surface area contributed by atoms with Gasteiger partial charge in [0.05, 0.1) is 4.90 Å². The second kappa shape index (κ2) is 6.84. The van der Waals surface area contributed by atoms with Gasteiger partial charge in [0.2, 0.25) is 16.0 Å². The molecule has 26 heavy (non-hydrogen) atoms. The lowest BCUT2D eigenvalue weighted by molar-refractivity contribution is 0.0995. The lowest BCUT2D eigenvalue weighted by atomic mass is 10.3. The maximum absolute atomic E-state index is 12.1. The zero-order valence-electron chi connectivity index (χ0n) is 14.3. The van der Waals surface area contributed by atoms with Gasteiger partial charge < -0.3 is 16.4 Å². The summed E-state index contributed by atoms with van der Waals surface area (Å²) in [7, 11) is -0.558.